The summed E-state index contributed by atoms with van der Waals surface area (Å²) in [6.07, 6.45) is 6.86. The number of hydrogen-bond acceptors (Lipinski definition) is 5. The first-order chi connectivity index (χ1) is 13.3. The fourth-order valence-electron chi connectivity index (χ4n) is 2.56. The van der Waals surface area contributed by atoms with E-state index in [1.54, 1.807) is 36.9 Å². The van der Waals surface area contributed by atoms with Crippen LogP contribution in [-0.2, 0) is 0 Å². The number of anilines is 2. The molecule has 132 valence electrons. The van der Waals surface area contributed by atoms with Crippen molar-refractivity contribution in [2.75, 3.05) is 5.32 Å². The van der Waals surface area contributed by atoms with E-state index < -0.39 is 0 Å². The Labute approximate surface area is 161 Å². The van der Waals surface area contributed by atoms with Crippen molar-refractivity contribution in [1.29, 1.82) is 0 Å². The number of ether oxygens (including phenoxy) is 1. The van der Waals surface area contributed by atoms with Crippen LogP contribution in [0, 0.1) is 0 Å². The van der Waals surface area contributed by atoms with E-state index >= 15 is 0 Å². The first-order valence-electron chi connectivity index (χ1n) is 8.30. The Morgan fingerprint density at radius 3 is 2.41 bits per heavy atom. The van der Waals surface area contributed by atoms with Crippen LogP contribution in [0.15, 0.2) is 85.5 Å². The van der Waals surface area contributed by atoms with Gasteiger partial charge in [-0.15, -0.1) is 0 Å². The van der Waals surface area contributed by atoms with Crippen LogP contribution in [0.4, 0.5) is 11.5 Å². The molecule has 1 N–H and O–H groups in total. The summed E-state index contributed by atoms with van der Waals surface area (Å²) in [7, 11) is 0. The minimum absolute atomic E-state index is 0.543. The van der Waals surface area contributed by atoms with Gasteiger partial charge in [0.15, 0.2) is 0 Å². The number of rotatable bonds is 5. The molecule has 27 heavy (non-hydrogen) atoms. The van der Waals surface area contributed by atoms with Gasteiger partial charge in [0.2, 0.25) is 5.88 Å². The smallest absolute Gasteiger partial charge is 0.227 e. The second-order valence-electron chi connectivity index (χ2n) is 5.70. The second kappa shape index (κ2) is 7.85. The molecule has 6 heteroatoms. The molecule has 0 saturated heterocycles. The van der Waals surface area contributed by atoms with Crippen LogP contribution >= 0.6 is 11.6 Å². The zero-order valence-corrected chi connectivity index (χ0v) is 15.0. The van der Waals surface area contributed by atoms with Crippen molar-refractivity contribution in [3.63, 3.8) is 0 Å². The molecule has 0 amide bonds. The average molecular weight is 375 g/mol. The standard InChI is InChI=1S/C21H15ClN4O/c22-16-9-13-24-20(14-16)26-17-3-5-18(6-4-17)27-21-19(2-1-10-25-21)15-7-11-23-12-8-15/h1-14H,(H,24,26). The Morgan fingerprint density at radius 2 is 1.63 bits per heavy atom. The van der Waals surface area contributed by atoms with Gasteiger partial charge in [0.25, 0.3) is 0 Å². The SMILES string of the molecule is Clc1ccnc(Nc2ccc(Oc3ncccc3-c3ccncc3)cc2)c1. The highest BCUT2D eigenvalue weighted by atomic mass is 35.5. The Bertz CT molecular complexity index is 1040. The fourth-order valence-corrected chi connectivity index (χ4v) is 2.72. The lowest BCUT2D eigenvalue weighted by Gasteiger charge is -2.11. The summed E-state index contributed by atoms with van der Waals surface area (Å²) in [5.74, 6) is 1.91. The molecule has 5 nitrogen and oxygen atoms in total. The molecule has 3 heterocycles. The summed E-state index contributed by atoms with van der Waals surface area (Å²) in [5, 5.41) is 3.83. The second-order valence-corrected chi connectivity index (χ2v) is 6.14. The van der Waals surface area contributed by atoms with Crippen LogP contribution in [0.3, 0.4) is 0 Å². The maximum absolute atomic E-state index is 5.99. The van der Waals surface area contributed by atoms with Crippen LogP contribution in [0.2, 0.25) is 5.02 Å². The van der Waals surface area contributed by atoms with Gasteiger partial charge in [-0.2, -0.15) is 0 Å². The van der Waals surface area contributed by atoms with Crippen molar-refractivity contribution in [1.82, 2.24) is 15.0 Å². The van der Waals surface area contributed by atoms with Crippen molar-refractivity contribution < 1.29 is 4.74 Å². The summed E-state index contributed by atoms with van der Waals surface area (Å²) in [4.78, 5) is 12.6. The molecular formula is C21H15ClN4O. The van der Waals surface area contributed by atoms with Gasteiger partial charge in [-0.25, -0.2) is 9.97 Å². The van der Waals surface area contributed by atoms with Crippen molar-refractivity contribution in [2.45, 2.75) is 0 Å². The van der Waals surface area contributed by atoms with E-state index in [1.165, 1.54) is 0 Å². The maximum Gasteiger partial charge on any atom is 0.227 e. The maximum atomic E-state index is 5.99. The first kappa shape index (κ1) is 17.0. The highest BCUT2D eigenvalue weighted by Gasteiger charge is 2.08. The van der Waals surface area contributed by atoms with E-state index in [4.69, 9.17) is 16.3 Å². The topological polar surface area (TPSA) is 59.9 Å². The van der Waals surface area contributed by atoms with Gasteiger partial charge < -0.3 is 10.1 Å². The Balaban J connectivity index is 1.53. The number of halogens is 1. The van der Waals surface area contributed by atoms with E-state index in [0.717, 1.165) is 16.8 Å². The third-order valence-electron chi connectivity index (χ3n) is 3.83. The van der Waals surface area contributed by atoms with E-state index in [9.17, 15) is 0 Å². The van der Waals surface area contributed by atoms with Crippen LogP contribution in [0.5, 0.6) is 11.6 Å². The average Bonchev–Trinajstić information content (AvgIpc) is 2.71. The molecule has 0 aliphatic heterocycles. The molecule has 0 aliphatic rings. The van der Waals surface area contributed by atoms with Gasteiger partial charge in [0.1, 0.15) is 11.6 Å². The minimum Gasteiger partial charge on any atom is -0.438 e. The van der Waals surface area contributed by atoms with E-state index in [-0.39, 0.29) is 0 Å². The number of benzene rings is 1. The lowest BCUT2D eigenvalue weighted by molar-refractivity contribution is 0.465. The molecule has 0 fully saturated rings. The third-order valence-corrected chi connectivity index (χ3v) is 4.06. The Morgan fingerprint density at radius 1 is 0.815 bits per heavy atom. The molecule has 0 saturated carbocycles. The molecule has 3 aromatic heterocycles. The van der Waals surface area contributed by atoms with Crippen molar-refractivity contribution in [3.05, 3.63) is 90.5 Å². The quantitative estimate of drug-likeness (QED) is 0.483. The fraction of sp³-hybridized carbons (Fsp3) is 0. The van der Waals surface area contributed by atoms with Gasteiger partial charge in [-0.05, 0) is 66.2 Å². The molecule has 0 bridgehead atoms. The van der Waals surface area contributed by atoms with E-state index in [0.29, 0.717) is 22.5 Å². The minimum atomic E-state index is 0.543. The molecule has 4 aromatic rings. The monoisotopic (exact) mass is 374 g/mol. The number of nitrogens with zero attached hydrogens (tertiary/aromatic N) is 3. The van der Waals surface area contributed by atoms with E-state index in [2.05, 4.69) is 20.3 Å². The zero-order valence-electron chi connectivity index (χ0n) is 14.2. The molecule has 1 aromatic carbocycles. The summed E-state index contributed by atoms with van der Waals surface area (Å²) in [5.41, 5.74) is 2.79. The molecule has 0 unspecified atom stereocenters. The molecule has 4 rings (SSSR count). The van der Waals surface area contributed by atoms with Crippen LogP contribution < -0.4 is 10.1 Å². The lowest BCUT2D eigenvalue weighted by atomic mass is 10.1. The van der Waals surface area contributed by atoms with Crippen molar-refractivity contribution >= 4 is 23.1 Å². The van der Waals surface area contributed by atoms with E-state index in [1.807, 2.05) is 48.5 Å². The van der Waals surface area contributed by atoms with Crippen molar-refractivity contribution in [2.24, 2.45) is 0 Å². The number of aromatic nitrogens is 3. The molecule has 0 radical (unpaired) electrons. The summed E-state index contributed by atoms with van der Waals surface area (Å²) < 4.78 is 5.99. The predicted octanol–water partition coefficient (Wildman–Crippen LogP) is 5.73. The molecule has 0 aliphatic carbocycles. The van der Waals surface area contributed by atoms with Gasteiger partial charge in [-0.3, -0.25) is 4.98 Å². The molecular weight excluding hydrogens is 360 g/mol. The largest absolute Gasteiger partial charge is 0.438 e. The Kier molecular flexibility index (Phi) is 4.94. The number of pyridine rings is 3. The lowest BCUT2D eigenvalue weighted by Crippen LogP contribution is -1.94. The van der Waals surface area contributed by atoms with Gasteiger partial charge in [0.05, 0.1) is 0 Å². The van der Waals surface area contributed by atoms with Crippen LogP contribution in [0.25, 0.3) is 11.1 Å². The third kappa shape index (κ3) is 4.22. The summed E-state index contributed by atoms with van der Waals surface area (Å²) in [6.45, 7) is 0. The normalized spacial score (nSPS) is 10.4. The highest BCUT2D eigenvalue weighted by molar-refractivity contribution is 6.30. The summed E-state index contributed by atoms with van der Waals surface area (Å²) in [6, 6.07) is 18.8. The van der Waals surface area contributed by atoms with Crippen LogP contribution in [0.1, 0.15) is 0 Å². The number of nitrogens with one attached hydrogen (secondary N) is 1. The Hall–Kier alpha value is -3.44. The van der Waals surface area contributed by atoms with Crippen molar-refractivity contribution in [3.8, 4) is 22.8 Å². The highest BCUT2D eigenvalue weighted by Crippen LogP contribution is 2.31. The van der Waals surface area contributed by atoms with Crippen LogP contribution in [-0.4, -0.2) is 15.0 Å². The van der Waals surface area contributed by atoms with Gasteiger partial charge in [-0.1, -0.05) is 11.6 Å². The predicted molar refractivity (Wildman–Crippen MR) is 107 cm³/mol. The summed E-state index contributed by atoms with van der Waals surface area (Å²) >= 11 is 5.98. The first-order valence-corrected chi connectivity index (χ1v) is 8.68. The van der Waals surface area contributed by atoms with Gasteiger partial charge in [0, 0.05) is 41.1 Å². The van der Waals surface area contributed by atoms with Gasteiger partial charge >= 0.3 is 0 Å². The number of hydrogen-bond donors (Lipinski definition) is 1. The molecule has 0 atom stereocenters. The molecule has 0 spiro atoms. The zero-order chi connectivity index (χ0) is 18.5.